The van der Waals surface area contributed by atoms with Crippen molar-refractivity contribution in [1.82, 2.24) is 9.97 Å². The van der Waals surface area contributed by atoms with Gasteiger partial charge < -0.3 is 16.0 Å². The molecular formula is C18H21F2N5S. The summed E-state index contributed by atoms with van der Waals surface area (Å²) in [5.74, 6) is -0.340. The Bertz CT molecular complexity index is 814. The van der Waals surface area contributed by atoms with Crippen LogP contribution in [0.3, 0.4) is 0 Å². The molecular weight excluding hydrogens is 356 g/mol. The Hall–Kier alpha value is -2.22. The first-order valence-electron chi connectivity index (χ1n) is 8.49. The molecule has 3 N–H and O–H groups in total. The van der Waals surface area contributed by atoms with Crippen molar-refractivity contribution < 1.29 is 8.78 Å². The largest absolute Gasteiger partial charge is 0.369 e. The van der Waals surface area contributed by atoms with Crippen molar-refractivity contribution in [3.8, 4) is 0 Å². The van der Waals surface area contributed by atoms with Gasteiger partial charge in [-0.2, -0.15) is 0 Å². The van der Waals surface area contributed by atoms with Crippen LogP contribution in [0.4, 0.5) is 20.4 Å². The molecule has 1 aromatic carbocycles. The lowest BCUT2D eigenvalue weighted by Crippen LogP contribution is -2.13. The van der Waals surface area contributed by atoms with Crippen molar-refractivity contribution in [3.63, 3.8) is 0 Å². The number of aromatic nitrogens is 2. The maximum absolute atomic E-state index is 13.5. The quantitative estimate of drug-likeness (QED) is 0.364. The molecule has 0 saturated heterocycles. The fourth-order valence-corrected chi connectivity index (χ4v) is 3.17. The zero-order valence-electron chi connectivity index (χ0n) is 14.6. The fourth-order valence-electron chi connectivity index (χ4n) is 2.81. The molecule has 2 aromatic rings. The molecule has 5 nitrogen and oxygen atoms in total. The molecule has 1 fully saturated rings. The summed E-state index contributed by atoms with van der Waals surface area (Å²) in [4.78, 5) is 8.93. The summed E-state index contributed by atoms with van der Waals surface area (Å²) >= 11 is 1.43. The molecule has 8 heteroatoms. The van der Waals surface area contributed by atoms with Crippen LogP contribution >= 0.6 is 11.8 Å². The van der Waals surface area contributed by atoms with E-state index in [0.29, 0.717) is 22.4 Å². The number of thioether (sulfide) groups is 1. The Kier molecular flexibility index (Phi) is 5.70. The summed E-state index contributed by atoms with van der Waals surface area (Å²) in [6, 6.07) is 4.10. The van der Waals surface area contributed by atoms with Crippen molar-refractivity contribution in [2.45, 2.75) is 36.9 Å². The van der Waals surface area contributed by atoms with Crippen LogP contribution in [0, 0.1) is 17.0 Å². The second-order valence-corrected chi connectivity index (χ2v) is 6.93. The number of anilines is 2. The number of rotatable bonds is 8. The number of nitrogens with zero attached hydrogens (tertiary/aromatic N) is 2. The minimum Gasteiger partial charge on any atom is -0.369 e. The van der Waals surface area contributed by atoms with E-state index < -0.39 is 11.6 Å². The number of benzene rings is 1. The summed E-state index contributed by atoms with van der Waals surface area (Å²) in [6.07, 6.45) is 4.88. The summed E-state index contributed by atoms with van der Waals surface area (Å²) in [6.45, 7) is 2.82. The molecule has 0 unspecified atom stereocenters. The van der Waals surface area contributed by atoms with E-state index in [2.05, 4.69) is 27.5 Å². The van der Waals surface area contributed by atoms with Crippen LogP contribution in [-0.4, -0.2) is 35.0 Å². The Morgan fingerprint density at radius 2 is 2.04 bits per heavy atom. The van der Waals surface area contributed by atoms with Gasteiger partial charge in [0, 0.05) is 24.7 Å². The van der Waals surface area contributed by atoms with Crippen LogP contribution in [0.1, 0.15) is 36.8 Å². The molecule has 0 aliphatic heterocycles. The van der Waals surface area contributed by atoms with E-state index in [9.17, 15) is 8.78 Å². The van der Waals surface area contributed by atoms with Crippen LogP contribution < -0.4 is 10.6 Å². The van der Waals surface area contributed by atoms with Gasteiger partial charge in [0.15, 0.2) is 16.8 Å². The van der Waals surface area contributed by atoms with E-state index >= 15 is 0 Å². The smallest absolute Gasteiger partial charge is 0.191 e. The van der Waals surface area contributed by atoms with Gasteiger partial charge in [-0.05, 0) is 36.8 Å². The zero-order valence-corrected chi connectivity index (χ0v) is 15.5. The zero-order chi connectivity index (χ0) is 18.7. The second-order valence-electron chi connectivity index (χ2n) is 6.16. The van der Waals surface area contributed by atoms with Gasteiger partial charge >= 0.3 is 0 Å². The normalized spacial score (nSPS) is 18.5. The van der Waals surface area contributed by atoms with Crippen molar-refractivity contribution in [2.75, 3.05) is 23.4 Å². The first-order valence-corrected chi connectivity index (χ1v) is 9.71. The maximum atomic E-state index is 13.5. The predicted molar refractivity (Wildman–Crippen MR) is 102 cm³/mol. The molecule has 0 radical (unpaired) electrons. The van der Waals surface area contributed by atoms with Gasteiger partial charge in [0.05, 0.1) is 5.56 Å². The third-order valence-corrected chi connectivity index (χ3v) is 4.83. The summed E-state index contributed by atoms with van der Waals surface area (Å²) in [7, 11) is 0. The number of halogens is 2. The van der Waals surface area contributed by atoms with Gasteiger partial charge in [-0.3, -0.25) is 0 Å². The molecule has 0 bridgehead atoms. The highest BCUT2D eigenvalue weighted by Crippen LogP contribution is 2.43. The molecule has 0 spiro atoms. The molecule has 3 rings (SSSR count). The third kappa shape index (κ3) is 3.95. The number of hydrogen-bond donors (Lipinski definition) is 3. The molecule has 1 aliphatic rings. The lowest BCUT2D eigenvalue weighted by molar-refractivity contribution is 0.507. The highest BCUT2D eigenvalue weighted by Gasteiger charge is 2.39. The Labute approximate surface area is 155 Å². The van der Waals surface area contributed by atoms with Crippen molar-refractivity contribution in [2.24, 2.45) is 0 Å². The van der Waals surface area contributed by atoms with E-state index in [1.165, 1.54) is 24.0 Å². The molecule has 1 aliphatic carbocycles. The maximum Gasteiger partial charge on any atom is 0.191 e. The highest BCUT2D eigenvalue weighted by molar-refractivity contribution is 7.98. The molecule has 1 aromatic heterocycles. The third-order valence-electron chi connectivity index (χ3n) is 4.28. The van der Waals surface area contributed by atoms with E-state index in [0.717, 1.165) is 31.0 Å². The van der Waals surface area contributed by atoms with Crippen molar-refractivity contribution in [3.05, 3.63) is 41.0 Å². The SMILES string of the molecule is CCCNc1nc(SC)nc(N[C@@H]2C[C@H]2c2ccc(F)c(F)c2)c1C=N. The van der Waals surface area contributed by atoms with Crippen LogP contribution in [0.2, 0.25) is 0 Å². The predicted octanol–water partition coefficient (Wildman–Crippen LogP) is 4.26. The van der Waals surface area contributed by atoms with E-state index in [4.69, 9.17) is 5.41 Å². The molecule has 1 heterocycles. The minimum atomic E-state index is -0.836. The molecule has 0 amide bonds. The van der Waals surface area contributed by atoms with E-state index in [1.807, 2.05) is 6.26 Å². The average Bonchev–Trinajstić information content (AvgIpc) is 3.40. The van der Waals surface area contributed by atoms with E-state index in [-0.39, 0.29) is 12.0 Å². The minimum absolute atomic E-state index is 0.0715. The van der Waals surface area contributed by atoms with Gasteiger partial charge in [0.2, 0.25) is 0 Å². The van der Waals surface area contributed by atoms with Crippen LogP contribution in [0.25, 0.3) is 0 Å². The molecule has 138 valence electrons. The number of hydrogen-bond acceptors (Lipinski definition) is 6. The van der Waals surface area contributed by atoms with Gasteiger partial charge in [-0.25, -0.2) is 18.7 Å². The second kappa shape index (κ2) is 7.99. The number of nitrogens with one attached hydrogen (secondary N) is 3. The lowest BCUT2D eigenvalue weighted by atomic mass is 10.1. The topological polar surface area (TPSA) is 73.7 Å². The van der Waals surface area contributed by atoms with E-state index in [1.54, 1.807) is 6.07 Å². The molecule has 2 atom stereocenters. The van der Waals surface area contributed by atoms with Gasteiger partial charge in [0.25, 0.3) is 0 Å². The Balaban J connectivity index is 1.81. The average molecular weight is 377 g/mol. The van der Waals surface area contributed by atoms with Crippen LogP contribution in [0.15, 0.2) is 23.4 Å². The standard InChI is InChI=1S/C18H21F2N5S/c1-3-6-22-16-12(9-21)17(25-18(24-16)26-2)23-15-8-11(15)10-4-5-13(19)14(20)7-10/h4-5,7,9,11,15,21H,3,6,8H2,1-2H3,(H2,22,23,24,25)/t11-,15+/m0/s1. The Morgan fingerprint density at radius 1 is 1.27 bits per heavy atom. The van der Waals surface area contributed by atoms with Gasteiger partial charge in [-0.1, -0.05) is 24.8 Å². The summed E-state index contributed by atoms with van der Waals surface area (Å²) in [5.41, 5.74) is 1.37. The summed E-state index contributed by atoms with van der Waals surface area (Å²) < 4.78 is 26.6. The van der Waals surface area contributed by atoms with Crippen LogP contribution in [-0.2, 0) is 0 Å². The first kappa shape index (κ1) is 18.6. The lowest BCUT2D eigenvalue weighted by Gasteiger charge is -2.14. The molecule has 26 heavy (non-hydrogen) atoms. The fraction of sp³-hybridized carbons (Fsp3) is 0.389. The van der Waals surface area contributed by atoms with Crippen LogP contribution in [0.5, 0.6) is 0 Å². The van der Waals surface area contributed by atoms with Crippen molar-refractivity contribution >= 4 is 29.6 Å². The summed E-state index contributed by atoms with van der Waals surface area (Å²) in [5, 5.41) is 14.9. The first-order chi connectivity index (χ1) is 12.6. The van der Waals surface area contributed by atoms with Crippen molar-refractivity contribution in [1.29, 1.82) is 5.41 Å². The highest BCUT2D eigenvalue weighted by atomic mass is 32.2. The van der Waals surface area contributed by atoms with Gasteiger partial charge in [-0.15, -0.1) is 0 Å². The monoisotopic (exact) mass is 377 g/mol. The van der Waals surface area contributed by atoms with Gasteiger partial charge in [0.1, 0.15) is 11.6 Å². The molecule has 1 saturated carbocycles. The Morgan fingerprint density at radius 3 is 2.69 bits per heavy atom.